The van der Waals surface area contributed by atoms with Crippen LogP contribution in [0.15, 0.2) is 164 Å². The van der Waals surface area contributed by atoms with E-state index in [9.17, 15) is 0 Å². The highest BCUT2D eigenvalue weighted by Crippen LogP contribution is 2.49. The fraction of sp³-hybridized carbons (Fsp3) is 0.0600. The molecule has 0 saturated carbocycles. The first-order chi connectivity index (χ1) is 26.5. The van der Waals surface area contributed by atoms with Gasteiger partial charge in [0.1, 0.15) is 0 Å². The Bertz CT molecular complexity index is 3150. The van der Waals surface area contributed by atoms with Crippen molar-refractivity contribution in [3.8, 4) is 56.4 Å². The van der Waals surface area contributed by atoms with Crippen molar-refractivity contribution >= 4 is 53.1 Å². The monoisotopic (exact) mass is 707 g/mol. The van der Waals surface area contributed by atoms with Crippen molar-refractivity contribution in [1.82, 2.24) is 15.0 Å². The van der Waals surface area contributed by atoms with Gasteiger partial charge in [-0.25, -0.2) is 15.0 Å². The lowest BCUT2D eigenvalue weighted by molar-refractivity contribution is 0.660. The smallest absolute Gasteiger partial charge is 0.164 e. The Morgan fingerprint density at radius 3 is 1.76 bits per heavy atom. The van der Waals surface area contributed by atoms with E-state index in [1.165, 1.54) is 69.7 Å². The molecule has 0 unspecified atom stereocenters. The van der Waals surface area contributed by atoms with Gasteiger partial charge in [-0.2, -0.15) is 0 Å². The van der Waals surface area contributed by atoms with E-state index < -0.39 is 0 Å². The zero-order valence-corrected chi connectivity index (χ0v) is 30.7. The lowest BCUT2D eigenvalue weighted by Crippen LogP contribution is -2.15. The molecule has 0 amide bonds. The molecule has 3 nitrogen and oxygen atoms in total. The summed E-state index contributed by atoms with van der Waals surface area (Å²) in [6.45, 7) is 4.63. The second kappa shape index (κ2) is 11.8. The second-order valence-electron chi connectivity index (χ2n) is 14.8. The van der Waals surface area contributed by atoms with Crippen LogP contribution < -0.4 is 0 Å². The van der Waals surface area contributed by atoms with Gasteiger partial charge in [0.25, 0.3) is 0 Å². The average molecular weight is 708 g/mol. The molecular weight excluding hydrogens is 675 g/mol. The molecule has 8 aromatic carbocycles. The lowest BCUT2D eigenvalue weighted by atomic mass is 9.82. The van der Waals surface area contributed by atoms with Crippen molar-refractivity contribution in [3.63, 3.8) is 0 Å². The third-order valence-corrected chi connectivity index (χ3v) is 12.5. The van der Waals surface area contributed by atoms with Gasteiger partial charge in [-0.3, -0.25) is 0 Å². The van der Waals surface area contributed by atoms with Crippen LogP contribution in [0.2, 0.25) is 0 Å². The van der Waals surface area contributed by atoms with Crippen LogP contribution in [0, 0.1) is 0 Å². The largest absolute Gasteiger partial charge is 0.208 e. The zero-order valence-electron chi connectivity index (χ0n) is 29.8. The minimum absolute atomic E-state index is 0.138. The number of thiophene rings is 1. The lowest BCUT2D eigenvalue weighted by Gasteiger charge is -2.21. The van der Waals surface area contributed by atoms with Gasteiger partial charge >= 0.3 is 0 Å². The molecule has 4 heteroatoms. The fourth-order valence-corrected chi connectivity index (χ4v) is 9.80. The number of fused-ring (bicyclic) bond motifs is 8. The Morgan fingerprint density at radius 2 is 0.907 bits per heavy atom. The number of nitrogens with zero attached hydrogens (tertiary/aromatic N) is 3. The Kier molecular flexibility index (Phi) is 6.77. The van der Waals surface area contributed by atoms with E-state index in [0.29, 0.717) is 17.5 Å². The van der Waals surface area contributed by atoms with E-state index in [-0.39, 0.29) is 5.41 Å². The number of rotatable bonds is 4. The number of hydrogen-bond donors (Lipinski definition) is 0. The highest BCUT2D eigenvalue weighted by atomic mass is 32.1. The van der Waals surface area contributed by atoms with Crippen molar-refractivity contribution in [2.45, 2.75) is 19.3 Å². The van der Waals surface area contributed by atoms with Crippen LogP contribution in [0.5, 0.6) is 0 Å². The van der Waals surface area contributed by atoms with Gasteiger partial charge in [0.2, 0.25) is 0 Å². The van der Waals surface area contributed by atoms with Crippen molar-refractivity contribution in [2.24, 2.45) is 0 Å². The van der Waals surface area contributed by atoms with Crippen LogP contribution in [-0.4, -0.2) is 15.0 Å². The Morgan fingerprint density at radius 1 is 0.370 bits per heavy atom. The van der Waals surface area contributed by atoms with E-state index in [0.717, 1.165) is 22.1 Å². The van der Waals surface area contributed by atoms with Crippen LogP contribution in [0.1, 0.15) is 25.0 Å². The second-order valence-corrected chi connectivity index (χ2v) is 15.9. The first-order valence-electron chi connectivity index (χ1n) is 18.4. The minimum atomic E-state index is -0.138. The van der Waals surface area contributed by atoms with Gasteiger partial charge in [0.15, 0.2) is 17.5 Å². The molecule has 1 aliphatic rings. The quantitative estimate of drug-likeness (QED) is 0.183. The molecule has 0 bridgehead atoms. The molecular formula is C50H33N3S. The Hall–Kier alpha value is -6.49. The molecule has 0 aliphatic heterocycles. The van der Waals surface area contributed by atoms with E-state index in [1.807, 2.05) is 11.3 Å². The van der Waals surface area contributed by atoms with Crippen molar-refractivity contribution in [1.29, 1.82) is 0 Å². The predicted octanol–water partition coefficient (Wildman–Crippen LogP) is 13.5. The van der Waals surface area contributed by atoms with E-state index in [1.54, 1.807) is 0 Å². The predicted molar refractivity (Wildman–Crippen MR) is 227 cm³/mol. The van der Waals surface area contributed by atoms with Crippen molar-refractivity contribution in [3.05, 3.63) is 175 Å². The summed E-state index contributed by atoms with van der Waals surface area (Å²) in [5.74, 6) is 2.00. The summed E-state index contributed by atoms with van der Waals surface area (Å²) in [5.41, 5.74) is 10.4. The molecule has 54 heavy (non-hydrogen) atoms. The van der Waals surface area contributed by atoms with E-state index >= 15 is 0 Å². The summed E-state index contributed by atoms with van der Waals surface area (Å²) in [7, 11) is 0. The van der Waals surface area contributed by atoms with Crippen LogP contribution in [0.4, 0.5) is 0 Å². The summed E-state index contributed by atoms with van der Waals surface area (Å²) in [6.07, 6.45) is 0. The van der Waals surface area contributed by atoms with Crippen LogP contribution in [0.3, 0.4) is 0 Å². The summed E-state index contributed by atoms with van der Waals surface area (Å²) in [5, 5.41) is 7.27. The molecule has 1 aliphatic carbocycles. The first kappa shape index (κ1) is 31.1. The maximum absolute atomic E-state index is 5.30. The summed E-state index contributed by atoms with van der Waals surface area (Å²) >= 11 is 1.81. The van der Waals surface area contributed by atoms with E-state index in [2.05, 4.69) is 178 Å². The highest BCUT2D eigenvalue weighted by molar-refractivity contribution is 7.25. The molecule has 0 N–H and O–H groups in total. The standard InChI is InChI=1S/C50H33N3S/c1-50(2)43-20-9-7-17-38(43)39-24-22-31(28-44(39)50)47-51-48(32-23-25-41-40-18-8-10-21-45(40)54-46(41)29-32)53-49(52-47)42-27-26-37(35-15-5-6-16-36(35)42)34-19-11-13-30-12-3-4-14-33(30)34/h3-29H,1-2H3. The molecule has 0 fully saturated rings. The maximum atomic E-state index is 5.30. The van der Waals surface area contributed by atoms with Gasteiger partial charge < -0.3 is 0 Å². The molecule has 0 radical (unpaired) electrons. The Balaban J connectivity index is 1.13. The highest BCUT2D eigenvalue weighted by Gasteiger charge is 2.35. The molecule has 10 aromatic rings. The third kappa shape index (κ3) is 4.70. The van der Waals surface area contributed by atoms with E-state index in [4.69, 9.17) is 15.0 Å². The SMILES string of the molecule is CC1(C)c2ccccc2-c2ccc(-c3nc(-c4ccc5c(c4)sc4ccccc45)nc(-c4ccc(-c5cccc6ccccc56)c5ccccc45)n3)cc21. The zero-order chi connectivity index (χ0) is 36.0. The molecule has 0 atom stereocenters. The topological polar surface area (TPSA) is 38.7 Å². The molecule has 254 valence electrons. The number of benzene rings is 8. The van der Waals surface area contributed by atoms with Gasteiger partial charge in [0.05, 0.1) is 0 Å². The summed E-state index contributed by atoms with van der Waals surface area (Å²) < 4.78 is 2.50. The van der Waals surface area contributed by atoms with Crippen LogP contribution in [-0.2, 0) is 5.41 Å². The van der Waals surface area contributed by atoms with Crippen molar-refractivity contribution in [2.75, 3.05) is 0 Å². The Labute approximate surface area is 317 Å². The normalized spacial score (nSPS) is 13.1. The molecule has 0 spiro atoms. The van der Waals surface area contributed by atoms with Gasteiger partial charge in [-0.15, -0.1) is 11.3 Å². The maximum Gasteiger partial charge on any atom is 0.164 e. The summed E-state index contributed by atoms with van der Waals surface area (Å²) in [4.78, 5) is 15.8. The van der Waals surface area contributed by atoms with Gasteiger partial charge in [-0.1, -0.05) is 153 Å². The average Bonchev–Trinajstić information content (AvgIpc) is 3.71. The number of hydrogen-bond acceptors (Lipinski definition) is 4. The molecule has 0 saturated heterocycles. The molecule has 11 rings (SSSR count). The first-order valence-corrected chi connectivity index (χ1v) is 19.3. The third-order valence-electron chi connectivity index (χ3n) is 11.4. The molecule has 2 aromatic heterocycles. The van der Waals surface area contributed by atoms with Gasteiger partial charge in [-0.05, 0) is 79.2 Å². The molecule has 2 heterocycles. The summed E-state index contributed by atoms with van der Waals surface area (Å²) in [6, 6.07) is 59.0. The minimum Gasteiger partial charge on any atom is -0.208 e. The van der Waals surface area contributed by atoms with Crippen LogP contribution >= 0.6 is 11.3 Å². The van der Waals surface area contributed by atoms with Crippen LogP contribution in [0.25, 0.3) is 98.1 Å². The van der Waals surface area contributed by atoms with Gasteiger partial charge in [0, 0.05) is 42.3 Å². The fourth-order valence-electron chi connectivity index (χ4n) is 8.65. The van der Waals surface area contributed by atoms with Crippen molar-refractivity contribution < 1.29 is 0 Å². The number of aromatic nitrogens is 3.